The van der Waals surface area contributed by atoms with E-state index < -0.39 is 23.9 Å². The fourth-order valence-electron chi connectivity index (χ4n) is 11.1. The predicted octanol–water partition coefficient (Wildman–Crippen LogP) is 20.8. The van der Waals surface area contributed by atoms with Crippen molar-refractivity contribution in [1.82, 2.24) is 5.43 Å². The van der Waals surface area contributed by atoms with Gasteiger partial charge in [-0.05, 0) is 171 Å². The second-order valence-electron chi connectivity index (χ2n) is 24.3. The van der Waals surface area contributed by atoms with Crippen LogP contribution in [0.2, 0.25) is 0 Å². The lowest BCUT2D eigenvalue weighted by atomic mass is 10.0. The van der Waals surface area contributed by atoms with Crippen LogP contribution in [0.3, 0.4) is 0 Å². The van der Waals surface area contributed by atoms with E-state index >= 15 is 0 Å². The molecule has 0 unspecified atom stereocenters. The average Bonchev–Trinajstić information content (AvgIpc) is 0.794. The number of hydrazone groups is 1. The molecule has 0 aliphatic carbocycles. The lowest BCUT2D eigenvalue weighted by molar-refractivity contribution is 0.0720. The van der Waals surface area contributed by atoms with Gasteiger partial charge in [0.2, 0.25) is 5.11 Å². The Bertz CT molecular complexity index is 3440. The van der Waals surface area contributed by atoms with Crippen LogP contribution in [0, 0.1) is 0 Å². The second kappa shape index (κ2) is 41.1. The van der Waals surface area contributed by atoms with E-state index in [-0.39, 0.29) is 39.2 Å². The number of anilines is 2. The number of carbonyl (C=O) groups excluding carboxylic acids is 4. The third-order valence-corrected chi connectivity index (χ3v) is 17.0. The summed E-state index contributed by atoms with van der Waals surface area (Å²) in [5, 5.41) is 8.15. The third kappa shape index (κ3) is 25.1. The molecule has 15 heteroatoms. The normalized spacial score (nSPS) is 12.0. The van der Waals surface area contributed by atoms with E-state index in [1.807, 2.05) is 30.3 Å². The van der Waals surface area contributed by atoms with Crippen LogP contribution in [0.25, 0.3) is 0 Å². The summed E-state index contributed by atoms with van der Waals surface area (Å²) in [7, 11) is 0. The van der Waals surface area contributed by atoms with E-state index in [0.29, 0.717) is 53.1 Å². The van der Waals surface area contributed by atoms with E-state index in [1.165, 1.54) is 178 Å². The number of carbonyl (C=O) groups is 4. The molecule has 1 heterocycles. The summed E-state index contributed by atoms with van der Waals surface area (Å²) in [5.41, 5.74) is 7.94. The Morgan fingerprint density at radius 3 is 0.884 bits per heavy atom. The molecule has 95 heavy (non-hydrogen) atoms. The van der Waals surface area contributed by atoms with E-state index in [0.717, 1.165) is 31.2 Å². The molecular formula is C80H95N4O10S. The standard InChI is InChI=1S/C80H95N4O10S/c1-3-5-7-9-11-13-15-17-19-21-23-25-27-32-60-89-69-48-36-63(37-49-69)76(85)91-71-52-40-65(41-53-71)78(87)93-73-56-44-67(45-57-73)83-80(95)84(82-75(81-83)62-34-30-29-31-35-62)68-46-58-74(59-47-68)94-79(88)66-42-54-72(55-43-66)92-77(86)64-38-50-70(51-39-64)90-61-33-28-26-24-22-20-18-16-14-12-10-8-6-4-2/h29-31,34-59H,3-28,32-33,60-61H2,1-2H3. The number of benzene rings is 7. The van der Waals surface area contributed by atoms with Crippen molar-refractivity contribution in [3.63, 3.8) is 0 Å². The van der Waals surface area contributed by atoms with E-state index in [2.05, 4.69) is 13.8 Å². The summed E-state index contributed by atoms with van der Waals surface area (Å²) in [5.74, 6) is 0.599. The molecule has 501 valence electrons. The molecule has 0 saturated carbocycles. The van der Waals surface area contributed by atoms with Gasteiger partial charge < -0.3 is 28.4 Å². The van der Waals surface area contributed by atoms with Crippen molar-refractivity contribution in [2.24, 2.45) is 5.10 Å². The number of hydrogen-bond acceptors (Lipinski definition) is 12. The van der Waals surface area contributed by atoms with Crippen molar-refractivity contribution in [3.05, 3.63) is 204 Å². The minimum absolute atomic E-state index is 0.217. The number of hydrogen-bond donors (Lipinski definition) is 0. The van der Waals surface area contributed by atoms with Gasteiger partial charge in [0, 0.05) is 5.56 Å². The minimum atomic E-state index is -0.609. The third-order valence-electron chi connectivity index (χ3n) is 16.7. The smallest absolute Gasteiger partial charge is 0.343 e. The number of ether oxygens (including phenoxy) is 6. The zero-order valence-electron chi connectivity index (χ0n) is 55.7. The SMILES string of the molecule is CCCCCCCCCCCCCCCCOc1ccc(C(=O)Oc2ccc(C(=O)Oc3ccc(N4[N]C(c5ccccc5)=NN(c5ccc(OC(=O)c6ccc(OC(=O)c7ccc(OCCCCCCCCCCCCCCCC)cc7)cc6)cc5)C4=S)cc3)cc2)cc1. The number of thiocarbonyl (C=S) groups is 1. The highest BCUT2D eigenvalue weighted by molar-refractivity contribution is 7.80. The quantitative estimate of drug-likeness (QED) is 0.0154. The maximum absolute atomic E-state index is 13.3. The lowest BCUT2D eigenvalue weighted by Gasteiger charge is -2.34. The summed E-state index contributed by atoms with van der Waals surface area (Å²) in [6, 6.07) is 49.0. The molecule has 14 nitrogen and oxygen atoms in total. The van der Waals surface area contributed by atoms with E-state index in [9.17, 15) is 19.2 Å². The van der Waals surface area contributed by atoms with Crippen LogP contribution in [0.15, 0.2) is 181 Å². The van der Waals surface area contributed by atoms with Gasteiger partial charge in [-0.3, -0.25) is 0 Å². The van der Waals surface area contributed by atoms with Gasteiger partial charge in [-0.1, -0.05) is 211 Å². The molecule has 0 atom stereocenters. The Hall–Kier alpha value is -8.82. The molecule has 0 saturated heterocycles. The molecule has 8 rings (SSSR count). The highest BCUT2D eigenvalue weighted by Gasteiger charge is 2.30. The predicted molar refractivity (Wildman–Crippen MR) is 383 cm³/mol. The molecule has 0 aromatic heterocycles. The number of nitrogens with zero attached hydrogens (tertiary/aromatic N) is 4. The molecule has 0 N–H and O–H groups in total. The first-order valence-electron chi connectivity index (χ1n) is 34.9. The first kappa shape index (κ1) is 72.0. The minimum Gasteiger partial charge on any atom is -0.494 e. The number of amidine groups is 1. The fraction of sp³-hybridized carbons (Fsp3) is 0.400. The van der Waals surface area contributed by atoms with Crippen LogP contribution < -0.4 is 43.9 Å². The average molecular weight is 1300 g/mol. The van der Waals surface area contributed by atoms with Gasteiger partial charge in [-0.15, -0.1) is 10.5 Å². The van der Waals surface area contributed by atoms with Crippen LogP contribution in [-0.4, -0.2) is 48.0 Å². The van der Waals surface area contributed by atoms with Gasteiger partial charge >= 0.3 is 23.9 Å². The Kier molecular flexibility index (Phi) is 31.2. The van der Waals surface area contributed by atoms with Crippen molar-refractivity contribution in [3.8, 4) is 34.5 Å². The van der Waals surface area contributed by atoms with Gasteiger partial charge in [0.05, 0.1) is 46.8 Å². The topological polar surface area (TPSA) is 157 Å². The molecule has 0 bridgehead atoms. The molecule has 7 aromatic carbocycles. The fourth-order valence-corrected chi connectivity index (χ4v) is 11.4. The first-order valence-corrected chi connectivity index (χ1v) is 35.3. The molecule has 1 aliphatic heterocycles. The maximum Gasteiger partial charge on any atom is 0.343 e. The monoisotopic (exact) mass is 1300 g/mol. The van der Waals surface area contributed by atoms with E-state index in [1.54, 1.807) is 131 Å². The molecule has 1 radical (unpaired) electrons. The van der Waals surface area contributed by atoms with Crippen LogP contribution in [0.1, 0.15) is 241 Å². The van der Waals surface area contributed by atoms with Crippen molar-refractivity contribution in [2.45, 2.75) is 194 Å². The Morgan fingerprint density at radius 2 is 0.579 bits per heavy atom. The molecular weight excluding hydrogens is 1210 g/mol. The van der Waals surface area contributed by atoms with Crippen molar-refractivity contribution < 1.29 is 47.6 Å². The highest BCUT2D eigenvalue weighted by atomic mass is 32.1. The molecule has 0 fully saturated rings. The van der Waals surface area contributed by atoms with Crippen molar-refractivity contribution in [1.29, 1.82) is 0 Å². The summed E-state index contributed by atoms with van der Waals surface area (Å²) >= 11 is 5.99. The van der Waals surface area contributed by atoms with Gasteiger partial charge in [0.15, 0.2) is 5.84 Å². The van der Waals surface area contributed by atoms with Crippen molar-refractivity contribution >= 4 is 58.4 Å². The number of rotatable bonds is 43. The summed E-state index contributed by atoms with van der Waals surface area (Å²) in [6.07, 6.45) is 36.5. The second-order valence-corrected chi connectivity index (χ2v) is 24.7. The van der Waals surface area contributed by atoms with Crippen LogP contribution >= 0.6 is 12.2 Å². The Morgan fingerprint density at radius 1 is 0.316 bits per heavy atom. The van der Waals surface area contributed by atoms with Gasteiger partial charge in [0.25, 0.3) is 0 Å². The zero-order chi connectivity index (χ0) is 66.5. The number of esters is 4. The highest BCUT2D eigenvalue weighted by Crippen LogP contribution is 2.30. The molecule has 7 aromatic rings. The summed E-state index contributed by atoms with van der Waals surface area (Å²) in [4.78, 5) is 52.7. The molecule has 0 amide bonds. The first-order chi connectivity index (χ1) is 46.6. The van der Waals surface area contributed by atoms with Gasteiger partial charge in [-0.25, -0.2) is 29.2 Å². The summed E-state index contributed by atoms with van der Waals surface area (Å²) in [6.45, 7) is 5.80. The largest absolute Gasteiger partial charge is 0.494 e. The van der Waals surface area contributed by atoms with E-state index in [4.69, 9.17) is 51.2 Å². The Balaban J connectivity index is 0.740. The Labute approximate surface area is 568 Å². The molecule has 0 spiro atoms. The lowest BCUT2D eigenvalue weighted by Crippen LogP contribution is -2.52. The summed E-state index contributed by atoms with van der Waals surface area (Å²) < 4.78 is 34.6. The van der Waals surface area contributed by atoms with Gasteiger partial charge in [-0.2, -0.15) is 0 Å². The molecule has 1 aliphatic rings. The van der Waals surface area contributed by atoms with Crippen LogP contribution in [0.4, 0.5) is 11.4 Å². The maximum atomic E-state index is 13.3. The van der Waals surface area contributed by atoms with Crippen molar-refractivity contribution in [2.75, 3.05) is 23.2 Å². The number of unbranched alkanes of at least 4 members (excludes halogenated alkanes) is 26. The van der Waals surface area contributed by atoms with Crippen LogP contribution in [-0.2, 0) is 0 Å². The van der Waals surface area contributed by atoms with Gasteiger partial charge in [0.1, 0.15) is 34.5 Å². The zero-order valence-corrected chi connectivity index (χ0v) is 56.6. The van der Waals surface area contributed by atoms with Crippen LogP contribution in [0.5, 0.6) is 34.5 Å².